The summed E-state index contributed by atoms with van der Waals surface area (Å²) >= 11 is 0. The second-order valence-electron chi connectivity index (χ2n) is 7.02. The van der Waals surface area contributed by atoms with Crippen molar-refractivity contribution >= 4 is 34.0 Å². The third-order valence-corrected chi connectivity index (χ3v) is 5.42. The minimum absolute atomic E-state index is 0.0411. The van der Waals surface area contributed by atoms with Gasteiger partial charge in [0.1, 0.15) is 6.54 Å². The molecular formula is C22H18N2O2. The standard InChI is InChI=1S/C22H18N2O2/c1-14-12-16-6-2-3-10-18(16)24(14)20(25)13-23-19-11-5-8-15-7-4-9-17(21(15)19)22(23)26/h2-11,14H,12-13H2,1H3/t14-/m0/s1. The van der Waals surface area contributed by atoms with Gasteiger partial charge in [0, 0.05) is 22.7 Å². The summed E-state index contributed by atoms with van der Waals surface area (Å²) in [4.78, 5) is 29.5. The van der Waals surface area contributed by atoms with Gasteiger partial charge in [-0.3, -0.25) is 14.5 Å². The smallest absolute Gasteiger partial charge is 0.259 e. The molecule has 0 aliphatic carbocycles. The van der Waals surface area contributed by atoms with E-state index in [1.807, 2.05) is 59.5 Å². The number of anilines is 2. The molecule has 0 radical (unpaired) electrons. The first-order chi connectivity index (χ1) is 12.6. The van der Waals surface area contributed by atoms with Crippen LogP contribution in [0.4, 0.5) is 11.4 Å². The fourth-order valence-corrected chi connectivity index (χ4v) is 4.29. The summed E-state index contributed by atoms with van der Waals surface area (Å²) in [5.74, 6) is -0.133. The van der Waals surface area contributed by atoms with Crippen LogP contribution in [-0.4, -0.2) is 24.4 Å². The Morgan fingerprint density at radius 1 is 1.00 bits per heavy atom. The first-order valence-corrected chi connectivity index (χ1v) is 8.89. The van der Waals surface area contributed by atoms with Crippen LogP contribution in [0, 0.1) is 0 Å². The van der Waals surface area contributed by atoms with Gasteiger partial charge >= 0.3 is 0 Å². The van der Waals surface area contributed by atoms with Gasteiger partial charge in [0.15, 0.2) is 0 Å². The number of hydrogen-bond donors (Lipinski definition) is 0. The number of fused-ring (bicyclic) bond motifs is 1. The van der Waals surface area contributed by atoms with Crippen molar-refractivity contribution < 1.29 is 9.59 Å². The number of nitrogens with zero attached hydrogens (tertiary/aromatic N) is 2. The van der Waals surface area contributed by atoms with Crippen molar-refractivity contribution in [2.75, 3.05) is 16.3 Å². The highest BCUT2D eigenvalue weighted by Gasteiger charge is 2.35. The van der Waals surface area contributed by atoms with E-state index in [0.717, 1.165) is 28.6 Å². The van der Waals surface area contributed by atoms with Crippen LogP contribution in [0.2, 0.25) is 0 Å². The fraction of sp³-hybridized carbons (Fsp3) is 0.182. The molecule has 4 nitrogen and oxygen atoms in total. The van der Waals surface area contributed by atoms with E-state index in [-0.39, 0.29) is 24.4 Å². The zero-order valence-electron chi connectivity index (χ0n) is 14.5. The molecule has 0 spiro atoms. The molecule has 2 amide bonds. The van der Waals surface area contributed by atoms with Gasteiger partial charge in [0.2, 0.25) is 5.91 Å². The van der Waals surface area contributed by atoms with Gasteiger partial charge in [-0.15, -0.1) is 0 Å². The molecule has 4 heteroatoms. The third kappa shape index (κ3) is 2.02. The highest BCUT2D eigenvalue weighted by molar-refractivity contribution is 6.26. The average molecular weight is 342 g/mol. The van der Waals surface area contributed by atoms with Crippen LogP contribution in [0.15, 0.2) is 60.7 Å². The summed E-state index contributed by atoms with van der Waals surface area (Å²) in [6.45, 7) is 2.12. The van der Waals surface area contributed by atoms with Gasteiger partial charge < -0.3 is 4.90 Å². The fourth-order valence-electron chi connectivity index (χ4n) is 4.29. The lowest BCUT2D eigenvalue weighted by Crippen LogP contribution is -2.44. The lowest BCUT2D eigenvalue weighted by molar-refractivity contribution is -0.117. The lowest BCUT2D eigenvalue weighted by Gasteiger charge is -2.26. The maximum atomic E-state index is 13.1. The Morgan fingerprint density at radius 3 is 2.58 bits per heavy atom. The molecule has 2 aliphatic heterocycles. The Morgan fingerprint density at radius 2 is 1.73 bits per heavy atom. The molecule has 2 aliphatic rings. The van der Waals surface area contributed by atoms with Crippen molar-refractivity contribution in [3.8, 4) is 0 Å². The number of para-hydroxylation sites is 1. The summed E-state index contributed by atoms with van der Waals surface area (Å²) < 4.78 is 0. The van der Waals surface area contributed by atoms with Gasteiger partial charge in [-0.05, 0) is 42.5 Å². The molecule has 3 aromatic rings. The van der Waals surface area contributed by atoms with Crippen molar-refractivity contribution in [3.63, 3.8) is 0 Å². The Bertz CT molecular complexity index is 1070. The molecule has 0 bridgehead atoms. The average Bonchev–Trinajstić information content (AvgIpc) is 3.12. The van der Waals surface area contributed by atoms with Gasteiger partial charge in [-0.25, -0.2) is 0 Å². The van der Waals surface area contributed by atoms with E-state index < -0.39 is 0 Å². The maximum absolute atomic E-state index is 13.1. The second-order valence-corrected chi connectivity index (χ2v) is 7.02. The van der Waals surface area contributed by atoms with Crippen LogP contribution >= 0.6 is 0 Å². The summed E-state index contributed by atoms with van der Waals surface area (Å²) in [5.41, 5.74) is 3.66. The second kappa shape index (κ2) is 5.43. The molecule has 0 saturated carbocycles. The molecule has 3 aromatic carbocycles. The van der Waals surface area contributed by atoms with E-state index in [2.05, 4.69) is 13.0 Å². The predicted molar refractivity (Wildman–Crippen MR) is 103 cm³/mol. The molecule has 0 saturated heterocycles. The van der Waals surface area contributed by atoms with Gasteiger partial charge in [-0.2, -0.15) is 0 Å². The van der Waals surface area contributed by atoms with E-state index in [0.29, 0.717) is 5.56 Å². The quantitative estimate of drug-likeness (QED) is 0.711. The summed E-state index contributed by atoms with van der Waals surface area (Å²) in [7, 11) is 0. The summed E-state index contributed by atoms with van der Waals surface area (Å²) in [6.07, 6.45) is 0.853. The van der Waals surface area contributed by atoms with Crippen molar-refractivity contribution in [1.29, 1.82) is 0 Å². The van der Waals surface area contributed by atoms with Gasteiger partial charge in [0.05, 0.1) is 5.69 Å². The van der Waals surface area contributed by atoms with Crippen molar-refractivity contribution in [2.24, 2.45) is 0 Å². The zero-order chi connectivity index (χ0) is 17.8. The molecular weight excluding hydrogens is 324 g/mol. The molecule has 26 heavy (non-hydrogen) atoms. The van der Waals surface area contributed by atoms with Crippen molar-refractivity contribution in [1.82, 2.24) is 0 Å². The van der Waals surface area contributed by atoms with Crippen LogP contribution in [0.25, 0.3) is 10.8 Å². The zero-order valence-corrected chi connectivity index (χ0v) is 14.5. The highest BCUT2D eigenvalue weighted by atomic mass is 16.2. The number of hydrogen-bond acceptors (Lipinski definition) is 2. The first kappa shape index (κ1) is 15.1. The molecule has 0 N–H and O–H groups in total. The van der Waals surface area contributed by atoms with Crippen LogP contribution in [0.5, 0.6) is 0 Å². The highest BCUT2D eigenvalue weighted by Crippen LogP contribution is 2.38. The number of benzene rings is 3. The molecule has 0 unspecified atom stereocenters. The molecule has 5 rings (SSSR count). The summed E-state index contributed by atoms with van der Waals surface area (Å²) in [5, 5.41) is 1.98. The van der Waals surface area contributed by atoms with Crippen LogP contribution in [0.3, 0.4) is 0 Å². The minimum atomic E-state index is -0.0923. The molecule has 0 fully saturated rings. The van der Waals surface area contributed by atoms with E-state index in [1.54, 1.807) is 4.90 Å². The Labute approximate surface area is 151 Å². The van der Waals surface area contributed by atoms with E-state index in [9.17, 15) is 9.59 Å². The minimum Gasteiger partial charge on any atom is -0.307 e. The topological polar surface area (TPSA) is 40.6 Å². The number of rotatable bonds is 2. The lowest BCUT2D eigenvalue weighted by atomic mass is 10.1. The third-order valence-electron chi connectivity index (χ3n) is 5.42. The van der Waals surface area contributed by atoms with Gasteiger partial charge in [0.25, 0.3) is 5.91 Å². The van der Waals surface area contributed by atoms with Crippen molar-refractivity contribution in [3.05, 3.63) is 71.8 Å². The monoisotopic (exact) mass is 342 g/mol. The van der Waals surface area contributed by atoms with Crippen molar-refractivity contribution in [2.45, 2.75) is 19.4 Å². The molecule has 0 aromatic heterocycles. The predicted octanol–water partition coefficient (Wildman–Crippen LogP) is 3.78. The number of amides is 2. The Kier molecular flexibility index (Phi) is 3.16. The maximum Gasteiger partial charge on any atom is 0.259 e. The van der Waals surface area contributed by atoms with E-state index in [1.165, 1.54) is 5.56 Å². The largest absolute Gasteiger partial charge is 0.307 e. The molecule has 2 heterocycles. The SMILES string of the molecule is C[C@H]1Cc2ccccc2N1C(=O)CN1C(=O)c2cccc3cccc1c23. The summed E-state index contributed by atoms with van der Waals surface area (Å²) in [6, 6.07) is 19.7. The van der Waals surface area contributed by atoms with Crippen LogP contribution in [0.1, 0.15) is 22.8 Å². The number of carbonyl (C=O) groups is 2. The van der Waals surface area contributed by atoms with Crippen LogP contribution in [-0.2, 0) is 11.2 Å². The Hall–Kier alpha value is -3.14. The number of carbonyl (C=O) groups excluding carboxylic acids is 2. The van der Waals surface area contributed by atoms with Crippen LogP contribution < -0.4 is 9.80 Å². The van der Waals surface area contributed by atoms with Gasteiger partial charge in [-0.1, -0.05) is 42.5 Å². The van der Waals surface area contributed by atoms with E-state index in [4.69, 9.17) is 0 Å². The molecule has 128 valence electrons. The molecule has 1 atom stereocenters. The first-order valence-electron chi connectivity index (χ1n) is 8.89. The van der Waals surface area contributed by atoms with E-state index >= 15 is 0 Å². The Balaban J connectivity index is 1.51. The normalized spacial score (nSPS) is 17.9.